The van der Waals surface area contributed by atoms with Crippen LogP contribution in [0.4, 0.5) is 15.4 Å². The van der Waals surface area contributed by atoms with E-state index < -0.39 is 53.0 Å². The predicted molar refractivity (Wildman–Crippen MR) is 274 cm³/mol. The zero-order valence-electron chi connectivity index (χ0n) is 39.6. The van der Waals surface area contributed by atoms with E-state index >= 15 is 0 Å². The minimum absolute atomic E-state index is 0.0163. The van der Waals surface area contributed by atoms with Crippen LogP contribution in [-0.2, 0) is 33.6 Å². The Morgan fingerprint density at radius 3 is 1.27 bits per heavy atom. The molecular weight excluding hydrogens is 1010 g/mol. The van der Waals surface area contributed by atoms with Crippen molar-refractivity contribution < 1.29 is 54.0 Å². The number of aliphatic carboxylic acids is 4. The zero-order valence-corrected chi connectivity index (χ0v) is 42.1. The Morgan fingerprint density at radius 1 is 0.541 bits per heavy atom. The number of carbonyl (C=O) groups excluding carboxylic acids is 3. The molecule has 0 radical (unpaired) electrons. The van der Waals surface area contributed by atoms with Gasteiger partial charge in [-0.1, -0.05) is 139 Å². The molecule has 0 saturated heterocycles. The van der Waals surface area contributed by atoms with E-state index in [1.807, 2.05) is 78.9 Å². The molecule has 0 aliphatic heterocycles. The highest BCUT2D eigenvalue weighted by Crippen LogP contribution is 2.37. The first-order valence-corrected chi connectivity index (χ1v) is 25.0. The van der Waals surface area contributed by atoms with E-state index in [1.165, 1.54) is 0 Å². The summed E-state index contributed by atoms with van der Waals surface area (Å²) in [4.78, 5) is 94.6. The van der Waals surface area contributed by atoms with Crippen LogP contribution in [0.2, 0.25) is 0 Å². The molecule has 7 rings (SSSR count). The average molecular weight is 1060 g/mol. The number of nitrogens with one attached hydrogen (secondary N) is 3. The van der Waals surface area contributed by atoms with Crippen molar-refractivity contribution in [3.63, 3.8) is 0 Å². The normalized spacial score (nSPS) is 14.6. The van der Waals surface area contributed by atoms with E-state index in [1.54, 1.807) is 26.0 Å². The molecule has 7 N–H and O–H groups in total. The second-order valence-corrected chi connectivity index (χ2v) is 20.0. The quantitative estimate of drug-likeness (QED) is 0.0447. The lowest BCUT2D eigenvalue weighted by molar-refractivity contribution is -0.150. The highest BCUT2D eigenvalue weighted by Gasteiger charge is 2.39. The topological polar surface area (TPSA) is 347 Å². The Balaban J connectivity index is 0.000000207. The summed E-state index contributed by atoms with van der Waals surface area (Å²) < 4.78 is 0. The van der Waals surface area contributed by atoms with Crippen molar-refractivity contribution in [1.82, 2.24) is 15.0 Å². The average Bonchev–Trinajstić information content (AvgIpc) is 4.13. The number of hydrogen-bond donors (Lipinski definition) is 7. The first-order valence-electron chi connectivity index (χ1n) is 22.5. The summed E-state index contributed by atoms with van der Waals surface area (Å²) in [6, 6.07) is 33.8. The fraction of sp³-hybridized carbons (Fsp3) is 0.275. The molecular formula is C51H47N9O11S3. The van der Waals surface area contributed by atoms with Crippen molar-refractivity contribution in [3.8, 4) is 52.0 Å². The van der Waals surface area contributed by atoms with Gasteiger partial charge in [0.05, 0.1) is 11.8 Å². The third-order valence-electron chi connectivity index (χ3n) is 11.2. The van der Waals surface area contributed by atoms with E-state index in [0.717, 1.165) is 50.7 Å². The van der Waals surface area contributed by atoms with E-state index in [0.29, 0.717) is 42.0 Å². The highest BCUT2D eigenvalue weighted by molar-refractivity contribution is 7.17. The van der Waals surface area contributed by atoms with Crippen molar-refractivity contribution in [1.29, 1.82) is 15.8 Å². The number of amides is 3. The Labute approximate surface area is 435 Å². The molecule has 1 saturated carbocycles. The van der Waals surface area contributed by atoms with Gasteiger partial charge in [0.25, 0.3) is 0 Å². The van der Waals surface area contributed by atoms with Gasteiger partial charge in [0.15, 0.2) is 15.4 Å². The van der Waals surface area contributed by atoms with Crippen LogP contribution in [0.3, 0.4) is 0 Å². The van der Waals surface area contributed by atoms with Crippen LogP contribution in [0.15, 0.2) is 91.0 Å². The number of hydrogen-bond acceptors (Lipinski definition) is 16. The summed E-state index contributed by atoms with van der Waals surface area (Å²) >= 11 is 3.23. The molecule has 3 amide bonds. The van der Waals surface area contributed by atoms with Gasteiger partial charge in [-0.25, -0.2) is 15.0 Å². The molecule has 20 nitrogen and oxygen atoms in total. The molecule has 23 heteroatoms. The minimum Gasteiger partial charge on any atom is -0.481 e. The number of benzene rings is 3. The van der Waals surface area contributed by atoms with Gasteiger partial charge in [0, 0.05) is 47.3 Å². The van der Waals surface area contributed by atoms with E-state index in [4.69, 9.17) is 10.2 Å². The maximum atomic E-state index is 12.6. The fourth-order valence-electron chi connectivity index (χ4n) is 7.25. The number of carboxylic acids is 4. The summed E-state index contributed by atoms with van der Waals surface area (Å²) in [5.74, 6) is -7.68. The van der Waals surface area contributed by atoms with Crippen LogP contribution in [-0.4, -0.2) is 77.0 Å². The maximum Gasteiger partial charge on any atom is 0.306 e. The van der Waals surface area contributed by atoms with Gasteiger partial charge in [0.2, 0.25) is 17.7 Å². The maximum absolute atomic E-state index is 12.6. The van der Waals surface area contributed by atoms with Crippen molar-refractivity contribution in [2.24, 2.45) is 23.2 Å². The Kier molecular flexibility index (Phi) is 20.3. The molecule has 2 atom stereocenters. The van der Waals surface area contributed by atoms with Gasteiger partial charge in [-0.3, -0.25) is 33.6 Å². The molecule has 1 aliphatic carbocycles. The molecule has 0 bridgehead atoms. The second kappa shape index (κ2) is 26.7. The second-order valence-electron chi connectivity index (χ2n) is 17.0. The Morgan fingerprint density at radius 2 is 0.905 bits per heavy atom. The number of rotatable bonds is 17. The van der Waals surface area contributed by atoms with Gasteiger partial charge in [-0.2, -0.15) is 15.8 Å². The van der Waals surface area contributed by atoms with Crippen LogP contribution in [0.1, 0.15) is 79.8 Å². The number of thiazole rings is 3. The number of carbonyl (C=O) groups is 7. The first kappa shape index (κ1) is 56.2. The molecule has 0 spiro atoms. The molecule has 2 unspecified atom stereocenters. The van der Waals surface area contributed by atoms with Crippen molar-refractivity contribution >= 4 is 91.0 Å². The fourth-order valence-corrected chi connectivity index (χ4v) is 9.62. The van der Waals surface area contributed by atoms with E-state index in [-0.39, 0.29) is 68.3 Å². The molecule has 3 aromatic carbocycles. The number of aromatic nitrogens is 3. The summed E-state index contributed by atoms with van der Waals surface area (Å²) in [5.41, 5.74) is 3.03. The monoisotopic (exact) mass is 1060 g/mol. The number of nitrogens with zero attached hydrogens (tertiary/aromatic N) is 6. The molecule has 6 aromatic rings. The third kappa shape index (κ3) is 16.2. The predicted octanol–water partition coefficient (Wildman–Crippen LogP) is 9.21. The zero-order chi connectivity index (χ0) is 54.0. The van der Waals surface area contributed by atoms with Crippen molar-refractivity contribution in [2.45, 2.75) is 65.2 Å². The van der Waals surface area contributed by atoms with Crippen LogP contribution >= 0.6 is 34.0 Å². The lowest BCUT2D eigenvalue weighted by Gasteiger charge is -2.29. The summed E-state index contributed by atoms with van der Waals surface area (Å²) in [6.07, 6.45) is 0.622. The number of carboxylic acid groups (broad SMARTS) is 4. The van der Waals surface area contributed by atoms with Crippen LogP contribution in [0.25, 0.3) is 33.8 Å². The molecule has 3 aromatic heterocycles. The lowest BCUT2D eigenvalue weighted by atomic mass is 9.75. The molecule has 380 valence electrons. The van der Waals surface area contributed by atoms with Crippen LogP contribution in [0.5, 0.6) is 0 Å². The lowest BCUT2D eigenvalue weighted by Crippen LogP contribution is -2.37. The third-order valence-corrected chi connectivity index (χ3v) is 13.8. The highest BCUT2D eigenvalue weighted by atomic mass is 32.1. The largest absolute Gasteiger partial charge is 0.481 e. The summed E-state index contributed by atoms with van der Waals surface area (Å²) in [6.45, 7) is 3.37. The molecule has 1 fully saturated rings. The number of anilines is 3. The molecule has 1 aliphatic rings. The van der Waals surface area contributed by atoms with Crippen molar-refractivity contribution in [3.05, 3.63) is 106 Å². The Hall–Kier alpha value is -8.69. The summed E-state index contributed by atoms with van der Waals surface area (Å²) in [5, 5.41) is 72.4. The number of nitriles is 3. The van der Waals surface area contributed by atoms with E-state index in [9.17, 15) is 59.6 Å². The summed E-state index contributed by atoms with van der Waals surface area (Å²) in [7, 11) is 0. The van der Waals surface area contributed by atoms with Crippen LogP contribution < -0.4 is 16.0 Å². The Bertz CT molecular complexity index is 3100. The SMILES string of the molecule is CC(C)(CCC(=O)O)C(=O)Nc1nc(-c2ccccc2)c(C#N)s1.N#Cc1sc(NC(=O)C2CC(C(=O)O)CC(C(=O)O)C2)nc1-c1ccccc1.N#Cc1sc(NC(=O)CCCC(=O)O)nc1-c1ccccc1. The van der Waals surface area contributed by atoms with Crippen molar-refractivity contribution in [2.75, 3.05) is 16.0 Å². The molecule has 3 heterocycles. The molecule has 74 heavy (non-hydrogen) atoms. The van der Waals surface area contributed by atoms with E-state index in [2.05, 4.69) is 49.1 Å². The first-order chi connectivity index (χ1) is 35.3. The van der Waals surface area contributed by atoms with Gasteiger partial charge in [-0.05, 0) is 32.1 Å². The van der Waals surface area contributed by atoms with Gasteiger partial charge >= 0.3 is 23.9 Å². The smallest absolute Gasteiger partial charge is 0.306 e. The van der Waals surface area contributed by atoms with Gasteiger partial charge in [0.1, 0.15) is 49.9 Å². The van der Waals surface area contributed by atoms with Gasteiger partial charge in [-0.15, -0.1) is 0 Å². The van der Waals surface area contributed by atoms with Crippen LogP contribution in [0, 0.1) is 57.2 Å². The van der Waals surface area contributed by atoms with Gasteiger partial charge < -0.3 is 36.4 Å². The standard InChI is InChI=1S/C19H17N3O5S.C17H17N3O3S.C15H13N3O3S/c20-9-14-15(10-4-2-1-3-5-10)21-19(28-14)22-16(23)11-6-12(17(24)25)8-13(7-11)18(26)27;1-17(2,9-8-13(21)22)15(23)20-16-19-14(12(10-18)24-16)11-6-4-3-5-7-11;16-9-11-14(10-5-2-1-3-6-10)18-15(22-11)17-12(19)7-4-8-13(20)21/h1-5,11-13H,6-8H2,(H,24,25)(H,26,27)(H,21,22,23);3-7H,8-9H2,1-2H3,(H,21,22)(H,19,20,23);1-3,5-6H,4,7-8H2,(H,20,21)(H,17,18,19). The minimum atomic E-state index is -1.10.